The predicted molar refractivity (Wildman–Crippen MR) is 87.3 cm³/mol. The van der Waals surface area contributed by atoms with E-state index >= 15 is 0 Å². The highest BCUT2D eigenvalue weighted by molar-refractivity contribution is 14.1. The fraction of sp³-hybridized carbons (Fsp3) is 0.286. The van der Waals surface area contributed by atoms with Gasteiger partial charge in [0.05, 0.1) is 5.39 Å². The van der Waals surface area contributed by atoms with Crippen molar-refractivity contribution in [2.75, 3.05) is 0 Å². The molecule has 20 heavy (non-hydrogen) atoms. The first-order valence-electron chi connectivity index (χ1n) is 6.52. The summed E-state index contributed by atoms with van der Waals surface area (Å²) in [5.74, 6) is 1.13. The lowest BCUT2D eigenvalue weighted by molar-refractivity contribution is 0.548. The van der Waals surface area contributed by atoms with Crippen molar-refractivity contribution < 1.29 is 4.42 Å². The molecule has 0 atom stereocenters. The van der Waals surface area contributed by atoms with Crippen LogP contribution in [0.2, 0.25) is 0 Å². The number of halogens is 1. The van der Waals surface area contributed by atoms with Crippen LogP contribution < -0.4 is 5.56 Å². The summed E-state index contributed by atoms with van der Waals surface area (Å²) in [6, 6.07) is 3.69. The number of hydrogen-bond donors (Lipinski definition) is 1. The number of hydrogen-bond acceptors (Lipinski definition) is 4. The number of aromatic nitrogens is 2. The third-order valence-corrected chi connectivity index (χ3v) is 5.40. The fourth-order valence-electron chi connectivity index (χ4n) is 2.72. The molecule has 0 aliphatic heterocycles. The Morgan fingerprint density at radius 2 is 2.15 bits per heavy atom. The molecule has 1 aliphatic carbocycles. The van der Waals surface area contributed by atoms with Crippen LogP contribution in [0.3, 0.4) is 0 Å². The van der Waals surface area contributed by atoms with Crippen LogP contribution in [0.25, 0.3) is 21.8 Å². The number of nitrogens with one attached hydrogen (secondary N) is 1. The summed E-state index contributed by atoms with van der Waals surface area (Å²) in [7, 11) is 0. The smallest absolute Gasteiger partial charge is 0.260 e. The van der Waals surface area contributed by atoms with Crippen LogP contribution in [0, 0.1) is 3.77 Å². The first kappa shape index (κ1) is 12.6. The summed E-state index contributed by atoms with van der Waals surface area (Å²) in [5.41, 5.74) is 1.17. The number of thiophene rings is 1. The fourth-order valence-corrected chi connectivity index (χ4v) is 4.40. The normalized spacial score (nSPS) is 14.7. The average molecular weight is 398 g/mol. The first-order chi connectivity index (χ1) is 9.72. The van der Waals surface area contributed by atoms with Crippen LogP contribution in [0.4, 0.5) is 0 Å². The van der Waals surface area contributed by atoms with E-state index in [0.717, 1.165) is 33.2 Å². The molecule has 0 bridgehead atoms. The molecule has 0 saturated heterocycles. The van der Waals surface area contributed by atoms with Gasteiger partial charge in [0.25, 0.3) is 5.56 Å². The maximum Gasteiger partial charge on any atom is 0.260 e. The van der Waals surface area contributed by atoms with Crippen LogP contribution >= 0.6 is 33.9 Å². The molecule has 1 aliphatic rings. The first-order valence-corrected chi connectivity index (χ1v) is 8.42. The average Bonchev–Trinajstić information content (AvgIpc) is 3.01. The molecule has 6 heteroatoms. The quantitative estimate of drug-likeness (QED) is 0.636. The highest BCUT2D eigenvalue weighted by Crippen LogP contribution is 2.34. The zero-order valence-electron chi connectivity index (χ0n) is 10.5. The van der Waals surface area contributed by atoms with Gasteiger partial charge in [-0.15, -0.1) is 11.3 Å². The minimum Gasteiger partial charge on any atom is -0.447 e. The summed E-state index contributed by atoms with van der Waals surface area (Å²) in [5, 5.41) is 0.787. The molecule has 3 heterocycles. The van der Waals surface area contributed by atoms with E-state index < -0.39 is 0 Å². The zero-order chi connectivity index (χ0) is 13.7. The Morgan fingerprint density at radius 1 is 1.30 bits per heavy atom. The second-order valence-electron chi connectivity index (χ2n) is 4.91. The standard InChI is InChI=1S/C14H11IN2O2S/c15-10-6-5-8(19-10)12-16-13(18)11-7-3-1-2-4-9(7)20-14(11)17-12/h5-6H,1-4H2,(H,16,17,18). The third-order valence-electron chi connectivity index (χ3n) is 3.63. The maximum absolute atomic E-state index is 12.4. The van der Waals surface area contributed by atoms with Crippen molar-refractivity contribution in [2.45, 2.75) is 25.7 Å². The molecule has 4 rings (SSSR count). The molecule has 3 aromatic rings. The number of furan rings is 1. The molecule has 0 amide bonds. The van der Waals surface area contributed by atoms with E-state index in [1.807, 2.05) is 12.1 Å². The minimum absolute atomic E-state index is 0.0455. The van der Waals surface area contributed by atoms with Gasteiger partial charge in [-0.05, 0) is 66.0 Å². The Balaban J connectivity index is 1.97. The Morgan fingerprint density at radius 3 is 2.95 bits per heavy atom. The van der Waals surface area contributed by atoms with Crippen molar-refractivity contribution in [1.82, 2.24) is 9.97 Å². The lowest BCUT2D eigenvalue weighted by Crippen LogP contribution is -2.11. The van der Waals surface area contributed by atoms with E-state index in [1.165, 1.54) is 16.9 Å². The predicted octanol–water partition coefficient (Wildman–Crippen LogP) is 3.73. The minimum atomic E-state index is -0.0455. The summed E-state index contributed by atoms with van der Waals surface area (Å²) in [6.45, 7) is 0. The van der Waals surface area contributed by atoms with Gasteiger partial charge in [-0.25, -0.2) is 4.98 Å². The highest BCUT2D eigenvalue weighted by atomic mass is 127. The van der Waals surface area contributed by atoms with Crippen LogP contribution in [0.1, 0.15) is 23.3 Å². The molecular formula is C14H11IN2O2S. The van der Waals surface area contributed by atoms with Crippen molar-refractivity contribution in [2.24, 2.45) is 0 Å². The van der Waals surface area contributed by atoms with E-state index in [1.54, 1.807) is 11.3 Å². The van der Waals surface area contributed by atoms with E-state index in [4.69, 9.17) is 4.42 Å². The lowest BCUT2D eigenvalue weighted by Gasteiger charge is -2.09. The summed E-state index contributed by atoms with van der Waals surface area (Å²) in [6.07, 6.45) is 4.44. The van der Waals surface area contributed by atoms with E-state index in [0.29, 0.717) is 11.6 Å². The lowest BCUT2D eigenvalue weighted by atomic mass is 9.97. The number of nitrogens with zero attached hydrogens (tertiary/aromatic N) is 1. The van der Waals surface area contributed by atoms with Gasteiger partial charge in [-0.3, -0.25) is 4.79 Å². The molecule has 0 unspecified atom stereocenters. The topological polar surface area (TPSA) is 58.9 Å². The second kappa shape index (κ2) is 4.70. The molecular weight excluding hydrogens is 387 g/mol. The number of aryl methyl sites for hydroxylation is 2. The van der Waals surface area contributed by atoms with Gasteiger partial charge in [0, 0.05) is 4.88 Å². The number of aromatic amines is 1. The molecule has 3 aromatic heterocycles. The van der Waals surface area contributed by atoms with Gasteiger partial charge in [0.2, 0.25) is 0 Å². The van der Waals surface area contributed by atoms with E-state index in [-0.39, 0.29) is 5.56 Å². The van der Waals surface area contributed by atoms with Gasteiger partial charge in [-0.2, -0.15) is 0 Å². The molecule has 1 N–H and O–H groups in total. The third kappa shape index (κ3) is 1.93. The van der Waals surface area contributed by atoms with Gasteiger partial charge >= 0.3 is 0 Å². The Hall–Kier alpha value is -1.15. The van der Waals surface area contributed by atoms with Crippen molar-refractivity contribution in [1.29, 1.82) is 0 Å². The summed E-state index contributed by atoms with van der Waals surface area (Å²) in [4.78, 5) is 22.0. The zero-order valence-corrected chi connectivity index (χ0v) is 13.5. The Bertz CT molecular complexity index is 862. The Kier molecular flexibility index (Phi) is 2.95. The van der Waals surface area contributed by atoms with Gasteiger partial charge in [0.15, 0.2) is 15.4 Å². The van der Waals surface area contributed by atoms with Gasteiger partial charge in [-0.1, -0.05) is 0 Å². The van der Waals surface area contributed by atoms with Crippen molar-refractivity contribution in [3.05, 3.63) is 36.7 Å². The summed E-state index contributed by atoms with van der Waals surface area (Å²) < 4.78 is 6.32. The van der Waals surface area contributed by atoms with Crippen LogP contribution in [-0.4, -0.2) is 9.97 Å². The molecule has 0 spiro atoms. The van der Waals surface area contributed by atoms with Crippen molar-refractivity contribution in [3.8, 4) is 11.6 Å². The van der Waals surface area contributed by atoms with Crippen molar-refractivity contribution >= 4 is 44.1 Å². The number of fused-ring (bicyclic) bond motifs is 3. The monoisotopic (exact) mass is 398 g/mol. The second-order valence-corrected chi connectivity index (χ2v) is 7.06. The van der Waals surface area contributed by atoms with Crippen LogP contribution in [0.5, 0.6) is 0 Å². The van der Waals surface area contributed by atoms with Crippen LogP contribution in [-0.2, 0) is 12.8 Å². The maximum atomic E-state index is 12.4. The van der Waals surface area contributed by atoms with Gasteiger partial charge in [0.1, 0.15) is 4.83 Å². The molecule has 4 nitrogen and oxygen atoms in total. The molecule has 0 radical (unpaired) electrons. The van der Waals surface area contributed by atoms with E-state index in [2.05, 4.69) is 32.6 Å². The Labute approximate surface area is 132 Å². The van der Waals surface area contributed by atoms with Crippen molar-refractivity contribution in [3.63, 3.8) is 0 Å². The number of rotatable bonds is 1. The number of H-pyrrole nitrogens is 1. The highest BCUT2D eigenvalue weighted by Gasteiger charge is 2.20. The molecule has 102 valence electrons. The molecule has 0 aromatic carbocycles. The molecule has 0 saturated carbocycles. The molecule has 0 fully saturated rings. The van der Waals surface area contributed by atoms with Crippen LogP contribution in [0.15, 0.2) is 21.3 Å². The summed E-state index contributed by atoms with van der Waals surface area (Å²) >= 11 is 3.75. The largest absolute Gasteiger partial charge is 0.447 e. The van der Waals surface area contributed by atoms with Gasteiger partial charge < -0.3 is 9.40 Å². The van der Waals surface area contributed by atoms with E-state index in [9.17, 15) is 4.79 Å². The SMILES string of the molecule is O=c1[nH]c(-c2ccc(I)o2)nc2sc3c(c12)CCCC3.